The van der Waals surface area contributed by atoms with Gasteiger partial charge in [-0.1, -0.05) is 6.42 Å². The average molecular weight is 174 g/mol. The molecule has 0 radical (unpaired) electrons. The third-order valence-corrected chi connectivity index (χ3v) is 1.89. The summed E-state index contributed by atoms with van der Waals surface area (Å²) >= 11 is 0. The van der Waals surface area contributed by atoms with Gasteiger partial charge in [-0.3, -0.25) is 0 Å². The summed E-state index contributed by atoms with van der Waals surface area (Å²) in [4.78, 5) is 0. The van der Waals surface area contributed by atoms with Gasteiger partial charge >= 0.3 is 10.5 Å². The molecule has 0 bridgehead atoms. The molecule has 0 aromatic carbocycles. The molecule has 0 aromatic rings. The second-order valence-corrected chi connectivity index (χ2v) is 3.12. The second kappa shape index (κ2) is 4.23. The largest absolute Gasteiger partial charge is 0.334 e. The fourth-order valence-electron chi connectivity index (χ4n) is 1.15. The lowest BCUT2D eigenvalue weighted by Gasteiger charge is -2.09. The molecule has 5 heteroatoms. The van der Waals surface area contributed by atoms with Crippen molar-refractivity contribution in [2.75, 3.05) is 0 Å². The quantitative estimate of drug-likeness (QED) is 0.564. The van der Waals surface area contributed by atoms with Crippen molar-refractivity contribution in [1.82, 2.24) is 0 Å². The summed E-state index contributed by atoms with van der Waals surface area (Å²) in [5.74, 6) is 0. The first-order chi connectivity index (χ1) is 5.29. The molecule has 0 spiro atoms. The highest BCUT2D eigenvalue weighted by molar-refractivity contribution is 7.61. The molecule has 0 aliphatic heterocycles. The van der Waals surface area contributed by atoms with Gasteiger partial charge in [0, 0.05) is 5.71 Å². The summed E-state index contributed by atoms with van der Waals surface area (Å²) in [6.45, 7) is 0. The predicted molar refractivity (Wildman–Crippen MR) is 41.9 cm³/mol. The van der Waals surface area contributed by atoms with E-state index in [-0.39, 0.29) is 0 Å². The third kappa shape index (κ3) is 3.27. The zero-order valence-corrected chi connectivity index (χ0v) is 6.97. The van der Waals surface area contributed by atoms with E-state index in [4.69, 9.17) is 0 Å². The van der Waals surface area contributed by atoms with Gasteiger partial charge in [-0.15, -0.1) is 5.10 Å². The Balaban J connectivity index is 2.58. The van der Waals surface area contributed by atoms with E-state index in [9.17, 15) is 8.42 Å². The summed E-state index contributed by atoms with van der Waals surface area (Å²) in [7, 11) is -2.38. The second-order valence-electron chi connectivity index (χ2n) is 2.53. The fraction of sp³-hybridized carbons (Fsp3) is 0.833. The zero-order chi connectivity index (χ0) is 8.10. The molecule has 4 nitrogen and oxygen atoms in total. The molecule has 11 heavy (non-hydrogen) atoms. The van der Waals surface area contributed by atoms with Crippen LogP contribution in [-0.2, 0) is 10.5 Å². The smallest absolute Gasteiger partial charge is 0.162 e. The first-order valence-electron chi connectivity index (χ1n) is 3.65. The summed E-state index contributed by atoms with van der Waals surface area (Å²) < 4.78 is 23.0. The van der Waals surface area contributed by atoms with E-state index in [1.807, 2.05) is 0 Å². The SMILES string of the molecule is O=S(=O)=NN=C1CCCCC1. The van der Waals surface area contributed by atoms with Crippen LogP contribution in [-0.4, -0.2) is 14.1 Å². The van der Waals surface area contributed by atoms with Crippen molar-refractivity contribution in [2.45, 2.75) is 32.1 Å². The number of nitrogens with zero attached hydrogens (tertiary/aromatic N) is 2. The van der Waals surface area contributed by atoms with Crippen LogP contribution in [0.15, 0.2) is 9.57 Å². The monoisotopic (exact) mass is 174 g/mol. The molecular weight excluding hydrogens is 164 g/mol. The minimum atomic E-state index is -2.38. The summed E-state index contributed by atoms with van der Waals surface area (Å²) in [6, 6.07) is 0. The Morgan fingerprint density at radius 1 is 1.09 bits per heavy atom. The van der Waals surface area contributed by atoms with Crippen LogP contribution in [0.2, 0.25) is 0 Å². The van der Waals surface area contributed by atoms with Gasteiger partial charge in [-0.2, -0.15) is 8.42 Å². The van der Waals surface area contributed by atoms with E-state index in [1.165, 1.54) is 6.42 Å². The van der Waals surface area contributed by atoms with Crippen LogP contribution in [0.25, 0.3) is 0 Å². The number of rotatable bonds is 1. The average Bonchev–Trinajstić information content (AvgIpc) is 2.03. The minimum absolute atomic E-state index is 0.903. The topological polar surface area (TPSA) is 58.9 Å². The van der Waals surface area contributed by atoms with Crippen LogP contribution in [0.4, 0.5) is 0 Å². The molecular formula is C6H10N2O2S. The Bertz CT molecular complexity index is 263. The van der Waals surface area contributed by atoms with Crippen LogP contribution in [0.3, 0.4) is 0 Å². The number of hydrogen-bond donors (Lipinski definition) is 0. The van der Waals surface area contributed by atoms with Gasteiger partial charge in [-0.05, 0) is 30.2 Å². The van der Waals surface area contributed by atoms with Gasteiger partial charge in [0.25, 0.3) is 0 Å². The summed E-state index contributed by atoms with van der Waals surface area (Å²) in [5.41, 5.74) is 0.917. The highest BCUT2D eigenvalue weighted by atomic mass is 32.2. The molecule has 0 saturated heterocycles. The molecule has 1 fully saturated rings. The molecule has 0 amide bonds. The maximum atomic E-state index is 9.97. The highest BCUT2D eigenvalue weighted by Gasteiger charge is 2.05. The Labute approximate surface area is 67.0 Å². The fourth-order valence-corrected chi connectivity index (χ4v) is 1.33. The van der Waals surface area contributed by atoms with Crippen LogP contribution >= 0.6 is 0 Å². The van der Waals surface area contributed by atoms with E-state index in [0.717, 1.165) is 31.4 Å². The van der Waals surface area contributed by atoms with Gasteiger partial charge in [0.1, 0.15) is 0 Å². The van der Waals surface area contributed by atoms with Crippen molar-refractivity contribution in [3.05, 3.63) is 0 Å². The lowest BCUT2D eigenvalue weighted by atomic mass is 9.99. The van der Waals surface area contributed by atoms with E-state index >= 15 is 0 Å². The van der Waals surface area contributed by atoms with Crippen LogP contribution in [0, 0.1) is 0 Å². The molecule has 1 rings (SSSR count). The lowest BCUT2D eigenvalue weighted by molar-refractivity contribution is 0.620. The van der Waals surface area contributed by atoms with Crippen LogP contribution in [0.1, 0.15) is 32.1 Å². The van der Waals surface area contributed by atoms with Crippen molar-refractivity contribution < 1.29 is 8.42 Å². The molecule has 0 unspecified atom stereocenters. The minimum Gasteiger partial charge on any atom is -0.162 e. The van der Waals surface area contributed by atoms with E-state index in [0.29, 0.717) is 0 Å². The lowest BCUT2D eigenvalue weighted by Crippen LogP contribution is -2.03. The Morgan fingerprint density at radius 2 is 1.73 bits per heavy atom. The maximum absolute atomic E-state index is 9.97. The highest BCUT2D eigenvalue weighted by Crippen LogP contribution is 2.14. The Kier molecular flexibility index (Phi) is 3.22. The Hall–Kier alpha value is -0.710. The Morgan fingerprint density at radius 3 is 2.27 bits per heavy atom. The van der Waals surface area contributed by atoms with Gasteiger partial charge in [0.2, 0.25) is 0 Å². The molecule has 62 valence electrons. The molecule has 1 aliphatic carbocycles. The molecule has 1 aliphatic rings. The van der Waals surface area contributed by atoms with Gasteiger partial charge in [-0.25, -0.2) is 0 Å². The van der Waals surface area contributed by atoms with Crippen molar-refractivity contribution in [3.63, 3.8) is 0 Å². The van der Waals surface area contributed by atoms with Crippen LogP contribution in [0.5, 0.6) is 0 Å². The first-order valence-corrected chi connectivity index (χ1v) is 4.68. The summed E-state index contributed by atoms with van der Waals surface area (Å²) in [5, 5.41) is 3.61. The van der Waals surface area contributed by atoms with Crippen molar-refractivity contribution >= 4 is 16.2 Å². The first kappa shape index (κ1) is 8.39. The third-order valence-electron chi connectivity index (χ3n) is 1.68. The van der Waals surface area contributed by atoms with Crippen LogP contribution < -0.4 is 0 Å². The molecule has 0 N–H and O–H groups in total. The standard InChI is InChI=1S/C6H10N2O2S/c9-11(10)8-7-6-4-2-1-3-5-6/h1-5H2. The predicted octanol–water partition coefficient (Wildman–Crippen LogP) is 1.37. The van der Waals surface area contributed by atoms with Gasteiger partial charge in [0.05, 0.1) is 0 Å². The normalized spacial score (nSPS) is 17.6. The molecule has 0 heterocycles. The van der Waals surface area contributed by atoms with E-state index < -0.39 is 10.5 Å². The summed E-state index contributed by atoms with van der Waals surface area (Å²) in [6.07, 6.45) is 5.25. The zero-order valence-electron chi connectivity index (χ0n) is 6.15. The van der Waals surface area contributed by atoms with Crippen molar-refractivity contribution in [1.29, 1.82) is 0 Å². The van der Waals surface area contributed by atoms with Gasteiger partial charge < -0.3 is 0 Å². The van der Waals surface area contributed by atoms with E-state index in [2.05, 4.69) is 9.57 Å². The maximum Gasteiger partial charge on any atom is 0.334 e. The molecule has 0 aromatic heterocycles. The van der Waals surface area contributed by atoms with Crippen molar-refractivity contribution in [2.24, 2.45) is 9.57 Å². The van der Waals surface area contributed by atoms with E-state index in [1.54, 1.807) is 0 Å². The molecule has 1 saturated carbocycles. The van der Waals surface area contributed by atoms with Gasteiger partial charge in [0.15, 0.2) is 0 Å². The number of hydrogen-bond acceptors (Lipinski definition) is 3. The van der Waals surface area contributed by atoms with Crippen molar-refractivity contribution in [3.8, 4) is 0 Å². The molecule has 0 atom stereocenters.